The van der Waals surface area contributed by atoms with Crippen molar-refractivity contribution in [3.05, 3.63) is 295 Å². The number of ether oxygens (including phenoxy) is 3. The van der Waals surface area contributed by atoms with Crippen LogP contribution in [0.25, 0.3) is 14.5 Å². The molecule has 6 heterocycles. The van der Waals surface area contributed by atoms with E-state index in [2.05, 4.69) is 80.3 Å². The first-order valence-corrected chi connectivity index (χ1v) is 36.1. The van der Waals surface area contributed by atoms with Crippen molar-refractivity contribution in [2.75, 3.05) is 93.4 Å². The zero-order valence-corrected chi connectivity index (χ0v) is 60.3. The summed E-state index contributed by atoms with van der Waals surface area (Å²) >= 11 is 56.9. The second kappa shape index (κ2) is 31.7. The normalized spacial score (nSPS) is 20.6. The third-order valence-electron chi connectivity index (χ3n) is 19.4. The summed E-state index contributed by atoms with van der Waals surface area (Å²) in [6.07, 6.45) is 2.75. The van der Waals surface area contributed by atoms with Crippen molar-refractivity contribution in [2.24, 2.45) is 0 Å². The Kier molecular flexibility index (Phi) is 22.5. The minimum absolute atomic E-state index is 0.100. The molecule has 99 heavy (non-hydrogen) atoms. The van der Waals surface area contributed by atoms with Gasteiger partial charge in [-0.25, -0.2) is 14.5 Å². The molecule has 0 radical (unpaired) electrons. The van der Waals surface area contributed by atoms with E-state index in [-0.39, 0.29) is 36.3 Å². The van der Waals surface area contributed by atoms with Gasteiger partial charge in [-0.3, -0.25) is 14.7 Å². The molecule has 3 fully saturated rings. The van der Waals surface area contributed by atoms with Gasteiger partial charge >= 0.3 is 0 Å². The van der Waals surface area contributed by atoms with Crippen LogP contribution >= 0.6 is 104 Å². The Balaban J connectivity index is 0.000000133. The molecule has 21 heteroatoms. The Morgan fingerprint density at radius 1 is 0.293 bits per heavy atom. The summed E-state index contributed by atoms with van der Waals surface area (Å²) in [5.41, 5.74) is 11.8. The molecule has 0 N–H and O–H groups in total. The molecule has 9 aromatic carbocycles. The molecule has 504 valence electrons. The fourth-order valence-electron chi connectivity index (χ4n) is 14.6. The first kappa shape index (κ1) is 70.2. The Bertz CT molecular complexity index is 4080. The zero-order valence-electron chi connectivity index (χ0n) is 53.5. The molecule has 0 spiro atoms. The van der Waals surface area contributed by atoms with E-state index in [9.17, 15) is 0 Å². The van der Waals surface area contributed by atoms with Gasteiger partial charge in [-0.15, -0.1) is 0 Å². The summed E-state index contributed by atoms with van der Waals surface area (Å²) in [5, 5.41) is 5.99. The molecule has 0 saturated carbocycles. The van der Waals surface area contributed by atoms with Gasteiger partial charge in [-0.05, 0) is 126 Å². The molecule has 6 atom stereocenters. The lowest BCUT2D eigenvalue weighted by Crippen LogP contribution is -2.50. The van der Waals surface area contributed by atoms with Gasteiger partial charge in [-0.2, -0.15) is 0 Å². The highest BCUT2D eigenvalue weighted by atomic mass is 35.5. The molecule has 3 saturated heterocycles. The average molecular weight is 1500 g/mol. The van der Waals surface area contributed by atoms with Crippen LogP contribution in [0.2, 0.25) is 45.2 Å². The van der Waals surface area contributed by atoms with Crippen LogP contribution < -0.4 is 28.9 Å². The molecular formula is C78H66Cl9N9O3. The Hall–Kier alpha value is -7.26. The van der Waals surface area contributed by atoms with Crippen LogP contribution in [0.4, 0.5) is 34.1 Å². The SMILES string of the molecule is [C-]#[N+]c1ccc2c(c1)OCCC2N1CCN(c2ccc(Cl)cc2Cl)[C@H](c2ccc(Cl)cc2)C1.[C-]#[N+]c1ccc2c(c1)OCC[C@@H]2N1CCN(c2ccc(Cl)cc2Cl)[C@H](c2ccc(Cl)cc2)C1.[C-]#[N+]c1ccc2c(c1)OCC[C@H]2N1CCN(c2ccc(Cl)cc2Cl)[C@H](c2ccc(Cl)cc2)C1. The van der Waals surface area contributed by atoms with Crippen molar-refractivity contribution in [1.29, 1.82) is 0 Å². The van der Waals surface area contributed by atoms with E-state index >= 15 is 0 Å². The van der Waals surface area contributed by atoms with Crippen molar-refractivity contribution in [3.8, 4) is 17.2 Å². The number of hydrogen-bond acceptors (Lipinski definition) is 9. The highest BCUT2D eigenvalue weighted by molar-refractivity contribution is 6.38. The van der Waals surface area contributed by atoms with E-state index in [4.69, 9.17) is 138 Å². The zero-order chi connectivity index (χ0) is 68.8. The van der Waals surface area contributed by atoms with Crippen LogP contribution in [0.15, 0.2) is 182 Å². The van der Waals surface area contributed by atoms with Gasteiger partial charge in [0.05, 0.1) is 89.8 Å². The van der Waals surface area contributed by atoms with Crippen molar-refractivity contribution in [2.45, 2.75) is 55.5 Å². The van der Waals surface area contributed by atoms with E-state index in [1.165, 1.54) is 16.7 Å². The maximum Gasteiger partial charge on any atom is 0.190 e. The van der Waals surface area contributed by atoms with Crippen LogP contribution in [-0.4, -0.2) is 93.4 Å². The van der Waals surface area contributed by atoms with Gasteiger partial charge in [0.25, 0.3) is 0 Å². The van der Waals surface area contributed by atoms with Crippen LogP contribution in [0.3, 0.4) is 0 Å². The number of anilines is 3. The minimum atomic E-state index is 0.100. The van der Waals surface area contributed by atoms with Gasteiger partial charge in [-0.1, -0.05) is 177 Å². The van der Waals surface area contributed by atoms with E-state index in [0.717, 1.165) is 144 Å². The molecule has 0 aromatic heterocycles. The van der Waals surface area contributed by atoms with Crippen molar-refractivity contribution >= 4 is 139 Å². The van der Waals surface area contributed by atoms with Crippen LogP contribution in [-0.2, 0) is 0 Å². The van der Waals surface area contributed by atoms with Gasteiger partial charge in [0, 0.05) is 143 Å². The summed E-state index contributed by atoms with van der Waals surface area (Å²) in [5.74, 6) is 2.47. The Morgan fingerprint density at radius 3 is 0.808 bits per heavy atom. The average Bonchev–Trinajstić information content (AvgIpc) is 0.786. The predicted molar refractivity (Wildman–Crippen MR) is 405 cm³/mol. The third kappa shape index (κ3) is 15.9. The van der Waals surface area contributed by atoms with Crippen LogP contribution in [0, 0.1) is 19.7 Å². The summed E-state index contributed by atoms with van der Waals surface area (Å²) < 4.78 is 17.7. The second-order valence-electron chi connectivity index (χ2n) is 25.0. The number of halogens is 9. The van der Waals surface area contributed by atoms with Crippen molar-refractivity contribution in [1.82, 2.24) is 14.7 Å². The molecule has 9 aromatic rings. The lowest BCUT2D eigenvalue weighted by atomic mass is 9.94. The number of benzene rings is 9. The minimum Gasteiger partial charge on any atom is -0.494 e. The highest BCUT2D eigenvalue weighted by Crippen LogP contribution is 2.48. The smallest absolute Gasteiger partial charge is 0.190 e. The third-order valence-corrected chi connectivity index (χ3v) is 21.8. The summed E-state index contributed by atoms with van der Waals surface area (Å²) in [6.45, 7) is 31.5. The molecule has 15 rings (SSSR count). The molecule has 0 amide bonds. The molecule has 1 unspecified atom stereocenters. The molecule has 0 bridgehead atoms. The largest absolute Gasteiger partial charge is 0.494 e. The molecular weight excluding hydrogens is 1430 g/mol. The Morgan fingerprint density at radius 2 is 0.556 bits per heavy atom. The quantitative estimate of drug-likeness (QED) is 0.132. The van der Waals surface area contributed by atoms with Gasteiger partial charge in [0.2, 0.25) is 0 Å². The number of fused-ring (bicyclic) bond motifs is 3. The summed E-state index contributed by atoms with van der Waals surface area (Å²) in [4.78, 5) is 25.3. The number of nitrogens with zero attached hydrogens (tertiary/aromatic N) is 9. The van der Waals surface area contributed by atoms with Crippen molar-refractivity contribution in [3.63, 3.8) is 0 Å². The standard InChI is InChI=1S/3C26H22Cl3N3O/c3*1-30-20-7-8-21-23(10-13-33-26(21)15-20)31-11-12-32(24-9-6-19(28)14-22(24)29)25(16-31)17-2-4-18(27)5-3-17/h3*2-9,14-15,23,25H,10-13,16H2/t23?,25-;23-,25+;23-,25-/m010/s1. The maximum absolute atomic E-state index is 7.30. The van der Waals surface area contributed by atoms with E-state index in [1.54, 1.807) is 18.2 Å². The Labute approximate surface area is 623 Å². The fraction of sp³-hybridized carbons (Fsp3) is 0.269. The lowest BCUT2D eigenvalue weighted by Gasteiger charge is -2.47. The first-order valence-electron chi connectivity index (χ1n) is 32.7. The first-order chi connectivity index (χ1) is 48.1. The van der Waals surface area contributed by atoms with Crippen LogP contribution in [0.5, 0.6) is 17.2 Å². The van der Waals surface area contributed by atoms with Crippen LogP contribution in [0.1, 0.15) is 88.9 Å². The molecule has 6 aliphatic rings. The van der Waals surface area contributed by atoms with E-state index < -0.39 is 0 Å². The summed E-state index contributed by atoms with van der Waals surface area (Å²) in [7, 11) is 0. The monoisotopic (exact) mass is 1490 g/mol. The lowest BCUT2D eigenvalue weighted by molar-refractivity contribution is 0.117. The maximum atomic E-state index is 7.30. The molecule has 0 aliphatic carbocycles. The second-order valence-corrected chi connectivity index (χ2v) is 28.9. The topological polar surface area (TPSA) is 60.2 Å². The van der Waals surface area contributed by atoms with Gasteiger partial charge in [0.1, 0.15) is 17.2 Å². The summed E-state index contributed by atoms with van der Waals surface area (Å²) in [6, 6.07) is 59.6. The van der Waals surface area contributed by atoms with Gasteiger partial charge < -0.3 is 28.9 Å². The highest BCUT2D eigenvalue weighted by Gasteiger charge is 2.39. The number of rotatable bonds is 9. The van der Waals surface area contributed by atoms with Crippen molar-refractivity contribution < 1.29 is 14.2 Å². The van der Waals surface area contributed by atoms with E-state index in [1.807, 2.05) is 127 Å². The van der Waals surface area contributed by atoms with Gasteiger partial charge in [0.15, 0.2) is 17.1 Å². The van der Waals surface area contributed by atoms with E-state index in [0.29, 0.717) is 67.0 Å². The number of piperazine rings is 3. The number of hydrogen-bond donors (Lipinski definition) is 0. The fourth-order valence-corrected chi connectivity index (χ4v) is 16.5. The molecule has 6 aliphatic heterocycles. The molecule has 12 nitrogen and oxygen atoms in total. The predicted octanol–water partition coefficient (Wildman–Crippen LogP) is 22.8.